The van der Waals surface area contributed by atoms with Gasteiger partial charge >= 0.3 is 5.97 Å². The molecule has 1 saturated heterocycles. The Morgan fingerprint density at radius 3 is 2.45 bits per heavy atom. The number of rotatable bonds is 13. The number of allylic oxidation sites excluding steroid dienone is 2. The highest BCUT2D eigenvalue weighted by Gasteiger charge is 2.63. The van der Waals surface area contributed by atoms with Crippen LogP contribution in [-0.2, 0) is 33.9 Å². The van der Waals surface area contributed by atoms with E-state index in [1.807, 2.05) is 39.0 Å². The standard InChI is InChI=1S/C51H64FN3O10S/c1-30(2)64-44-15-12-33(22-40(44)52)41-23-34-21-36(62-7)13-14-38(34)46(53-41)65-37-24-42-43(56)27-51(48(59)54-66(60,61)50(6)18-19-50)26-35(51)11-9-8-10-31(3)20-32(4)39(47(58)55(42)28-37)25-45(57)63-29-49(5)16-17-49/h9,11-15,21-23,30-32,35,37,39,42H,8,10,16-20,24-29H2,1-7H3,(H,54,59)/b11-9-/t31-,32+,35+,37+,39-,42-,51+/m0/s1. The normalized spacial score (nSPS) is 28.6. The Hall–Kier alpha value is -5.05. The summed E-state index contributed by atoms with van der Waals surface area (Å²) >= 11 is 0. The van der Waals surface area contributed by atoms with Gasteiger partial charge in [-0.3, -0.25) is 23.9 Å². The number of methoxy groups -OCH3 is 1. The summed E-state index contributed by atoms with van der Waals surface area (Å²) in [5.41, 5.74) is -0.508. The van der Waals surface area contributed by atoms with Crippen molar-refractivity contribution in [1.82, 2.24) is 14.6 Å². The van der Waals surface area contributed by atoms with Crippen LogP contribution >= 0.6 is 0 Å². The summed E-state index contributed by atoms with van der Waals surface area (Å²) < 4.78 is 67.2. The Morgan fingerprint density at radius 2 is 1.77 bits per heavy atom. The first kappa shape index (κ1) is 47.4. The number of hydrogen-bond acceptors (Lipinski definition) is 11. The largest absolute Gasteiger partial charge is 0.497 e. The number of halogens is 1. The average Bonchev–Trinajstić information content (AvgIpc) is 4.23. The van der Waals surface area contributed by atoms with Gasteiger partial charge in [-0.2, -0.15) is 0 Å². The summed E-state index contributed by atoms with van der Waals surface area (Å²) in [4.78, 5) is 64.3. The van der Waals surface area contributed by atoms with E-state index in [1.54, 1.807) is 44.4 Å². The fraction of sp³-hybridized carbons (Fsp3) is 0.588. The molecule has 0 bridgehead atoms. The first-order valence-electron chi connectivity index (χ1n) is 23.6. The minimum atomic E-state index is -4.00. The number of nitrogens with zero attached hydrogens (tertiary/aromatic N) is 2. The Bertz CT molecular complexity index is 2540. The van der Waals surface area contributed by atoms with Gasteiger partial charge in [-0.05, 0) is 138 Å². The van der Waals surface area contributed by atoms with Gasteiger partial charge in [0.2, 0.25) is 27.7 Å². The van der Waals surface area contributed by atoms with Crippen LogP contribution in [0.25, 0.3) is 22.0 Å². The molecule has 4 fully saturated rings. The highest BCUT2D eigenvalue weighted by Crippen LogP contribution is 2.58. The van der Waals surface area contributed by atoms with Gasteiger partial charge < -0.3 is 23.8 Å². The monoisotopic (exact) mass is 929 g/mol. The first-order chi connectivity index (χ1) is 31.2. The molecule has 2 amide bonds. The Morgan fingerprint density at radius 1 is 1.02 bits per heavy atom. The van der Waals surface area contributed by atoms with E-state index in [0.717, 1.165) is 19.3 Å². The van der Waals surface area contributed by atoms with Crippen LogP contribution in [0.5, 0.6) is 17.4 Å². The van der Waals surface area contributed by atoms with Gasteiger partial charge in [-0.1, -0.05) is 32.9 Å². The molecule has 356 valence electrons. The summed E-state index contributed by atoms with van der Waals surface area (Å²) in [6.45, 7) is 11.6. The third-order valence-electron chi connectivity index (χ3n) is 14.7. The van der Waals surface area contributed by atoms with Crippen LogP contribution in [0.15, 0.2) is 54.6 Å². The zero-order valence-electron chi connectivity index (χ0n) is 39.2. The molecule has 0 unspecified atom stereocenters. The number of fused-ring (bicyclic) bond motifs is 3. The fourth-order valence-electron chi connectivity index (χ4n) is 9.67. The van der Waals surface area contributed by atoms with Gasteiger partial charge in [0.25, 0.3) is 0 Å². The zero-order valence-corrected chi connectivity index (χ0v) is 40.0. The topological polar surface area (TPSA) is 167 Å². The quantitative estimate of drug-likeness (QED) is 0.129. The van der Waals surface area contributed by atoms with Crippen LogP contribution < -0.4 is 18.9 Å². The van der Waals surface area contributed by atoms with Crippen LogP contribution in [-0.4, -0.2) is 85.1 Å². The molecule has 3 saturated carbocycles. The molecule has 3 heterocycles. The van der Waals surface area contributed by atoms with E-state index in [9.17, 15) is 22.8 Å². The van der Waals surface area contributed by atoms with Crippen molar-refractivity contribution in [2.45, 2.75) is 135 Å². The molecule has 2 aromatic carbocycles. The van der Waals surface area contributed by atoms with Gasteiger partial charge in [-0.15, -0.1) is 0 Å². The SMILES string of the molecule is COc1ccc2c(O[C@@H]3C[C@H]4C(=O)C[C@]5(C(=O)NS(=O)(=O)C6(C)CC6)C[C@H]5/C=C\CC[C@H](C)C[C@@H](C)[C@H](CC(=O)OCC5(C)CC5)C(=O)N4C3)nc(-c3ccc(OC(C)C)c(F)c3)cc2c1. The minimum absolute atomic E-state index is 0.0319. The first-order valence-corrected chi connectivity index (χ1v) is 25.0. The van der Waals surface area contributed by atoms with E-state index < -0.39 is 61.7 Å². The second-order valence-electron chi connectivity index (χ2n) is 20.8. The number of ketones is 1. The van der Waals surface area contributed by atoms with Crippen molar-refractivity contribution in [3.8, 4) is 28.6 Å². The highest BCUT2D eigenvalue weighted by molar-refractivity contribution is 7.91. The van der Waals surface area contributed by atoms with Gasteiger partial charge in [0.05, 0.1) is 60.6 Å². The van der Waals surface area contributed by atoms with E-state index in [0.29, 0.717) is 53.5 Å². The molecule has 13 nitrogen and oxygen atoms in total. The maximum Gasteiger partial charge on any atom is 0.306 e. The van der Waals surface area contributed by atoms with Crippen molar-refractivity contribution in [3.05, 3.63) is 60.4 Å². The maximum atomic E-state index is 15.4. The van der Waals surface area contributed by atoms with Crippen molar-refractivity contribution < 1.29 is 50.9 Å². The lowest BCUT2D eigenvalue weighted by Gasteiger charge is -2.32. The van der Waals surface area contributed by atoms with Crippen molar-refractivity contribution in [2.24, 2.45) is 34.5 Å². The van der Waals surface area contributed by atoms with Crippen LogP contribution in [0.4, 0.5) is 4.39 Å². The number of carbonyl (C=O) groups is 4. The zero-order chi connectivity index (χ0) is 47.3. The smallest absolute Gasteiger partial charge is 0.306 e. The molecule has 5 aliphatic rings. The number of hydrogen-bond donors (Lipinski definition) is 1. The van der Waals surface area contributed by atoms with E-state index in [2.05, 4.69) is 18.6 Å². The summed E-state index contributed by atoms with van der Waals surface area (Å²) in [5, 5.41) is 1.30. The maximum absolute atomic E-state index is 15.4. The van der Waals surface area contributed by atoms with Gasteiger partial charge in [0, 0.05) is 29.2 Å². The molecule has 1 aromatic heterocycles. The summed E-state index contributed by atoms with van der Waals surface area (Å²) in [7, 11) is -2.45. The predicted molar refractivity (Wildman–Crippen MR) is 247 cm³/mol. The molecule has 3 aliphatic carbocycles. The third-order valence-corrected chi connectivity index (χ3v) is 16.9. The number of aromatic nitrogens is 1. The Kier molecular flexibility index (Phi) is 13.1. The number of esters is 1. The lowest BCUT2D eigenvalue weighted by atomic mass is 9.82. The van der Waals surface area contributed by atoms with Crippen molar-refractivity contribution >= 4 is 44.4 Å². The second-order valence-corrected chi connectivity index (χ2v) is 23.0. The number of nitrogens with one attached hydrogen (secondary N) is 1. The molecule has 7 atom stereocenters. The van der Waals surface area contributed by atoms with Crippen LogP contribution in [0.1, 0.15) is 112 Å². The lowest BCUT2D eigenvalue weighted by molar-refractivity contribution is -0.152. The Balaban J connectivity index is 1.15. The van der Waals surface area contributed by atoms with E-state index >= 15 is 9.18 Å². The molecule has 15 heteroatoms. The molecular formula is C51H64FN3O10S. The van der Waals surface area contributed by atoms with E-state index in [-0.39, 0.29) is 85.6 Å². The molecular weight excluding hydrogens is 866 g/mol. The Labute approximate surface area is 387 Å². The molecule has 0 radical (unpaired) electrons. The van der Waals surface area contributed by atoms with Crippen LogP contribution in [0, 0.1) is 40.3 Å². The fourth-order valence-corrected chi connectivity index (χ4v) is 11.0. The molecule has 66 heavy (non-hydrogen) atoms. The average molecular weight is 930 g/mol. The van der Waals surface area contributed by atoms with Crippen LogP contribution in [0.2, 0.25) is 0 Å². The van der Waals surface area contributed by atoms with Crippen molar-refractivity contribution in [3.63, 3.8) is 0 Å². The van der Waals surface area contributed by atoms with Gasteiger partial charge in [0.1, 0.15) is 11.9 Å². The van der Waals surface area contributed by atoms with Crippen molar-refractivity contribution in [1.29, 1.82) is 0 Å². The minimum Gasteiger partial charge on any atom is -0.497 e. The third kappa shape index (κ3) is 10.1. The molecule has 0 spiro atoms. The molecule has 2 aliphatic heterocycles. The molecule has 8 rings (SSSR count). The summed E-state index contributed by atoms with van der Waals surface area (Å²) in [6.07, 6.45) is 7.74. The number of pyridine rings is 1. The van der Waals surface area contributed by atoms with E-state index in [1.165, 1.54) is 11.0 Å². The van der Waals surface area contributed by atoms with Gasteiger partial charge in [-0.25, -0.2) is 17.8 Å². The number of benzene rings is 2. The lowest BCUT2D eigenvalue weighted by Crippen LogP contribution is -2.48. The number of ether oxygens (including phenoxy) is 4. The predicted octanol–water partition coefficient (Wildman–Crippen LogP) is 8.51. The number of Topliss-reactive ketones (excluding diaryl/α,β-unsaturated/α-hetero) is 1. The number of amides is 2. The van der Waals surface area contributed by atoms with E-state index in [4.69, 9.17) is 23.9 Å². The summed E-state index contributed by atoms with van der Waals surface area (Å²) in [6, 6.07) is 10.7. The summed E-state index contributed by atoms with van der Waals surface area (Å²) in [5.74, 6) is -2.91. The molecule has 1 N–H and O–H groups in total. The highest BCUT2D eigenvalue weighted by atomic mass is 32.2. The van der Waals surface area contributed by atoms with Crippen LogP contribution in [0.3, 0.4) is 0 Å². The second kappa shape index (κ2) is 18.2. The van der Waals surface area contributed by atoms with Gasteiger partial charge in [0.15, 0.2) is 17.3 Å². The van der Waals surface area contributed by atoms with Crippen molar-refractivity contribution in [2.75, 3.05) is 20.3 Å². The number of sulfonamides is 1. The molecule has 3 aromatic rings. The number of carbonyl (C=O) groups excluding carboxylic acids is 4.